The number of aryl methyl sites for hydroxylation is 2. The quantitative estimate of drug-likeness (QED) is 0.754. The Morgan fingerprint density at radius 1 is 1.31 bits per heavy atom. The smallest absolute Gasteiger partial charge is 0.185 e. The molecule has 1 aliphatic rings. The SMILES string of the molecule is Cc1cc(C)c(-c2ncc(NC3CCCN(C(C)CO)C3)nn2)c(O)c1. The highest BCUT2D eigenvalue weighted by molar-refractivity contribution is 5.68. The van der Waals surface area contributed by atoms with Crippen LogP contribution in [0.5, 0.6) is 5.75 Å². The Bertz CT molecular complexity index is 727. The van der Waals surface area contributed by atoms with Crippen molar-refractivity contribution < 1.29 is 10.2 Å². The molecule has 0 bridgehead atoms. The summed E-state index contributed by atoms with van der Waals surface area (Å²) in [5.74, 6) is 1.22. The van der Waals surface area contributed by atoms with Gasteiger partial charge in [-0.15, -0.1) is 10.2 Å². The van der Waals surface area contributed by atoms with Crippen molar-refractivity contribution in [2.45, 2.75) is 45.7 Å². The lowest BCUT2D eigenvalue weighted by atomic mass is 10.0. The summed E-state index contributed by atoms with van der Waals surface area (Å²) < 4.78 is 0. The number of hydrogen-bond acceptors (Lipinski definition) is 7. The molecule has 2 unspecified atom stereocenters. The van der Waals surface area contributed by atoms with Crippen LogP contribution >= 0.6 is 0 Å². The number of likely N-dealkylation sites (tertiary alicyclic amines) is 1. The fraction of sp³-hybridized carbons (Fsp3) is 0.526. The predicted octanol–water partition coefficient (Wildman–Crippen LogP) is 2.12. The minimum Gasteiger partial charge on any atom is -0.507 e. The van der Waals surface area contributed by atoms with E-state index in [1.807, 2.05) is 26.8 Å². The van der Waals surface area contributed by atoms with Crippen molar-refractivity contribution in [3.8, 4) is 17.1 Å². The Hall–Kier alpha value is -2.25. The molecule has 2 atom stereocenters. The number of hydrogen-bond donors (Lipinski definition) is 3. The van der Waals surface area contributed by atoms with Crippen LogP contribution in [0.4, 0.5) is 5.82 Å². The van der Waals surface area contributed by atoms with Gasteiger partial charge in [-0.3, -0.25) is 4.90 Å². The molecule has 26 heavy (non-hydrogen) atoms. The molecule has 3 rings (SSSR count). The van der Waals surface area contributed by atoms with Crippen molar-refractivity contribution in [3.05, 3.63) is 29.5 Å². The van der Waals surface area contributed by atoms with E-state index in [1.54, 1.807) is 12.3 Å². The third kappa shape index (κ3) is 4.11. The molecule has 0 radical (unpaired) electrons. The maximum Gasteiger partial charge on any atom is 0.185 e. The van der Waals surface area contributed by atoms with Crippen LogP contribution < -0.4 is 5.32 Å². The standard InChI is InChI=1S/C19H27N5O2/c1-12-7-13(2)18(16(26)8-12)19-20-9-17(22-23-19)21-15-5-4-6-24(10-15)14(3)11-25/h7-9,14-15,25-26H,4-6,10-11H2,1-3H3,(H,21,22). The van der Waals surface area contributed by atoms with E-state index in [9.17, 15) is 10.2 Å². The molecular weight excluding hydrogens is 330 g/mol. The van der Waals surface area contributed by atoms with Crippen LogP contribution in [-0.2, 0) is 0 Å². The van der Waals surface area contributed by atoms with E-state index in [0.29, 0.717) is 17.2 Å². The zero-order valence-corrected chi connectivity index (χ0v) is 15.6. The number of anilines is 1. The number of aromatic hydroxyl groups is 1. The van der Waals surface area contributed by atoms with Gasteiger partial charge in [-0.25, -0.2) is 4.98 Å². The second kappa shape index (κ2) is 7.97. The van der Waals surface area contributed by atoms with Crippen molar-refractivity contribution >= 4 is 5.82 Å². The molecule has 0 spiro atoms. The summed E-state index contributed by atoms with van der Waals surface area (Å²) in [7, 11) is 0. The third-order valence-corrected chi connectivity index (χ3v) is 4.94. The summed E-state index contributed by atoms with van der Waals surface area (Å²) in [5, 5.41) is 31.4. The molecule has 0 aliphatic carbocycles. The lowest BCUT2D eigenvalue weighted by Gasteiger charge is -2.36. The average Bonchev–Trinajstić information content (AvgIpc) is 2.62. The van der Waals surface area contributed by atoms with Gasteiger partial charge in [0.2, 0.25) is 0 Å². The molecule has 1 aliphatic heterocycles. The first-order valence-electron chi connectivity index (χ1n) is 9.09. The molecule has 3 N–H and O–H groups in total. The number of nitrogens with zero attached hydrogens (tertiary/aromatic N) is 4. The average molecular weight is 357 g/mol. The zero-order chi connectivity index (χ0) is 18.7. The lowest BCUT2D eigenvalue weighted by Crippen LogP contribution is -2.47. The van der Waals surface area contributed by atoms with Crippen LogP contribution in [0.3, 0.4) is 0 Å². The lowest BCUT2D eigenvalue weighted by molar-refractivity contribution is 0.110. The van der Waals surface area contributed by atoms with E-state index in [2.05, 4.69) is 25.4 Å². The van der Waals surface area contributed by atoms with Gasteiger partial charge >= 0.3 is 0 Å². The number of aliphatic hydroxyl groups excluding tert-OH is 1. The fourth-order valence-electron chi connectivity index (χ4n) is 3.54. The Labute approximate surface area is 154 Å². The van der Waals surface area contributed by atoms with Crippen molar-refractivity contribution in [2.24, 2.45) is 0 Å². The topological polar surface area (TPSA) is 94.4 Å². The molecule has 0 amide bonds. The number of nitrogens with one attached hydrogen (secondary N) is 1. The second-order valence-electron chi connectivity index (χ2n) is 7.15. The van der Waals surface area contributed by atoms with Crippen LogP contribution in [0.15, 0.2) is 18.3 Å². The Morgan fingerprint density at radius 2 is 2.12 bits per heavy atom. The van der Waals surface area contributed by atoms with Gasteiger partial charge in [0.1, 0.15) is 5.75 Å². The summed E-state index contributed by atoms with van der Waals surface area (Å²) in [6.07, 6.45) is 3.79. The Balaban J connectivity index is 1.71. The summed E-state index contributed by atoms with van der Waals surface area (Å²) in [6, 6.07) is 4.12. The maximum atomic E-state index is 10.2. The summed E-state index contributed by atoms with van der Waals surface area (Å²) in [6.45, 7) is 7.94. The highest BCUT2D eigenvalue weighted by atomic mass is 16.3. The second-order valence-corrected chi connectivity index (χ2v) is 7.15. The van der Waals surface area contributed by atoms with E-state index in [4.69, 9.17) is 0 Å². The number of aromatic nitrogens is 3. The summed E-state index contributed by atoms with van der Waals surface area (Å²) >= 11 is 0. The summed E-state index contributed by atoms with van der Waals surface area (Å²) in [4.78, 5) is 6.67. The molecule has 7 nitrogen and oxygen atoms in total. The molecule has 2 aromatic rings. The number of aliphatic hydroxyl groups is 1. The first kappa shape index (κ1) is 18.5. The predicted molar refractivity (Wildman–Crippen MR) is 101 cm³/mol. The van der Waals surface area contributed by atoms with Crippen LogP contribution in [0, 0.1) is 13.8 Å². The number of benzene rings is 1. The van der Waals surface area contributed by atoms with Crippen LogP contribution in [0.2, 0.25) is 0 Å². The van der Waals surface area contributed by atoms with Gasteiger partial charge in [-0.2, -0.15) is 0 Å². The van der Waals surface area contributed by atoms with Crippen molar-refractivity contribution in [1.82, 2.24) is 20.1 Å². The highest BCUT2D eigenvalue weighted by Crippen LogP contribution is 2.31. The van der Waals surface area contributed by atoms with E-state index >= 15 is 0 Å². The molecule has 1 aromatic heterocycles. The molecule has 1 saturated heterocycles. The minimum absolute atomic E-state index is 0.165. The van der Waals surface area contributed by atoms with Crippen molar-refractivity contribution in [1.29, 1.82) is 0 Å². The molecule has 0 saturated carbocycles. The fourth-order valence-corrected chi connectivity index (χ4v) is 3.54. The van der Waals surface area contributed by atoms with Crippen LogP contribution in [-0.4, -0.2) is 62.1 Å². The van der Waals surface area contributed by atoms with Gasteiger partial charge in [-0.05, 0) is 57.4 Å². The molecule has 2 heterocycles. The third-order valence-electron chi connectivity index (χ3n) is 4.94. The van der Waals surface area contributed by atoms with Gasteiger partial charge in [-0.1, -0.05) is 6.07 Å². The van der Waals surface area contributed by atoms with E-state index < -0.39 is 0 Å². The highest BCUT2D eigenvalue weighted by Gasteiger charge is 2.23. The Morgan fingerprint density at radius 3 is 2.77 bits per heavy atom. The van der Waals surface area contributed by atoms with Gasteiger partial charge in [0.15, 0.2) is 11.6 Å². The van der Waals surface area contributed by atoms with Gasteiger partial charge in [0, 0.05) is 18.6 Å². The van der Waals surface area contributed by atoms with E-state index in [-0.39, 0.29) is 24.4 Å². The normalized spacial score (nSPS) is 19.3. The number of piperidine rings is 1. The first-order valence-corrected chi connectivity index (χ1v) is 9.09. The largest absolute Gasteiger partial charge is 0.507 e. The summed E-state index contributed by atoms with van der Waals surface area (Å²) in [5.41, 5.74) is 2.54. The number of phenols is 1. The number of rotatable bonds is 5. The first-order chi connectivity index (χ1) is 12.5. The van der Waals surface area contributed by atoms with Crippen molar-refractivity contribution in [3.63, 3.8) is 0 Å². The van der Waals surface area contributed by atoms with E-state index in [0.717, 1.165) is 37.1 Å². The molecular formula is C19H27N5O2. The Kier molecular flexibility index (Phi) is 5.68. The molecule has 1 fully saturated rings. The van der Waals surface area contributed by atoms with Gasteiger partial charge in [0.05, 0.1) is 18.4 Å². The number of phenolic OH excluding ortho intramolecular Hbond substituents is 1. The minimum atomic E-state index is 0.165. The molecule has 1 aromatic carbocycles. The van der Waals surface area contributed by atoms with Crippen LogP contribution in [0.25, 0.3) is 11.4 Å². The van der Waals surface area contributed by atoms with E-state index in [1.165, 1.54) is 0 Å². The van der Waals surface area contributed by atoms with Gasteiger partial charge in [0.25, 0.3) is 0 Å². The maximum absolute atomic E-state index is 10.2. The van der Waals surface area contributed by atoms with Crippen LogP contribution in [0.1, 0.15) is 30.9 Å². The monoisotopic (exact) mass is 357 g/mol. The van der Waals surface area contributed by atoms with Crippen molar-refractivity contribution in [2.75, 3.05) is 25.0 Å². The zero-order valence-electron chi connectivity index (χ0n) is 15.6. The van der Waals surface area contributed by atoms with Gasteiger partial charge < -0.3 is 15.5 Å². The molecule has 140 valence electrons. The molecule has 7 heteroatoms.